The molecule has 1 atom stereocenters. The van der Waals surface area contributed by atoms with Crippen LogP contribution in [0.4, 0.5) is 11.6 Å². The monoisotopic (exact) mass is 330 g/mol. The molecule has 1 aromatic rings. The Labute approximate surface area is 123 Å². The highest BCUT2D eigenvalue weighted by atomic mass is 79.9. The van der Waals surface area contributed by atoms with Crippen molar-refractivity contribution < 1.29 is 4.74 Å². The van der Waals surface area contributed by atoms with E-state index in [-0.39, 0.29) is 6.04 Å². The molecule has 1 heterocycles. The zero-order chi connectivity index (χ0) is 14.3. The normalized spacial score (nSPS) is 12.5. The molecule has 1 rings (SSSR count). The van der Waals surface area contributed by atoms with Crippen molar-refractivity contribution in [3.8, 4) is 0 Å². The van der Waals surface area contributed by atoms with Crippen LogP contribution in [0.2, 0.25) is 0 Å². The maximum Gasteiger partial charge on any atom is 0.146 e. The average Bonchev–Trinajstić information content (AvgIpc) is 2.38. The lowest BCUT2D eigenvalue weighted by molar-refractivity contribution is 0.126. The zero-order valence-corrected chi connectivity index (χ0v) is 13.6. The van der Waals surface area contributed by atoms with Gasteiger partial charge in [0.15, 0.2) is 0 Å². The molecule has 0 aromatic carbocycles. The SMILES string of the molecule is CCNc1ncnc(NC(COCC)C(C)C)c1Br. The van der Waals surface area contributed by atoms with E-state index in [0.29, 0.717) is 12.5 Å². The predicted octanol–water partition coefficient (Wildman–Crippen LogP) is 3.14. The summed E-state index contributed by atoms with van der Waals surface area (Å²) in [6.45, 7) is 10.6. The van der Waals surface area contributed by atoms with Crippen LogP contribution < -0.4 is 10.6 Å². The van der Waals surface area contributed by atoms with E-state index in [2.05, 4.69) is 50.4 Å². The number of anilines is 2. The van der Waals surface area contributed by atoms with Crippen LogP contribution in [0.5, 0.6) is 0 Å². The fourth-order valence-electron chi connectivity index (χ4n) is 1.58. The van der Waals surface area contributed by atoms with Gasteiger partial charge in [0.25, 0.3) is 0 Å². The topological polar surface area (TPSA) is 59.1 Å². The summed E-state index contributed by atoms with van der Waals surface area (Å²) in [4.78, 5) is 8.49. The summed E-state index contributed by atoms with van der Waals surface area (Å²) in [7, 11) is 0. The number of rotatable bonds is 8. The number of ether oxygens (including phenoxy) is 1. The Morgan fingerprint density at radius 1 is 1.26 bits per heavy atom. The second kappa shape index (κ2) is 8.32. The largest absolute Gasteiger partial charge is 0.380 e. The standard InChI is InChI=1S/C13H23BrN4O/c1-5-15-12-11(14)13(17-8-16-12)18-10(9(3)4)7-19-6-2/h8-10H,5-7H2,1-4H3,(H2,15,16,17,18). The minimum atomic E-state index is 0.223. The van der Waals surface area contributed by atoms with Crippen molar-refractivity contribution in [3.05, 3.63) is 10.8 Å². The van der Waals surface area contributed by atoms with Crippen molar-refractivity contribution >= 4 is 27.6 Å². The minimum absolute atomic E-state index is 0.223. The number of nitrogens with one attached hydrogen (secondary N) is 2. The molecule has 0 aliphatic carbocycles. The quantitative estimate of drug-likeness (QED) is 0.766. The van der Waals surface area contributed by atoms with Gasteiger partial charge in [-0.2, -0.15) is 0 Å². The van der Waals surface area contributed by atoms with Gasteiger partial charge < -0.3 is 15.4 Å². The van der Waals surface area contributed by atoms with Crippen molar-refractivity contribution in [3.63, 3.8) is 0 Å². The molecule has 0 amide bonds. The molecular weight excluding hydrogens is 308 g/mol. The van der Waals surface area contributed by atoms with Crippen LogP contribution in [-0.2, 0) is 4.74 Å². The molecule has 1 unspecified atom stereocenters. The van der Waals surface area contributed by atoms with Crippen molar-refractivity contribution in [2.75, 3.05) is 30.4 Å². The van der Waals surface area contributed by atoms with Crippen molar-refractivity contribution in [1.82, 2.24) is 9.97 Å². The summed E-state index contributed by atoms with van der Waals surface area (Å²) in [5.41, 5.74) is 0. The van der Waals surface area contributed by atoms with Gasteiger partial charge in [-0.05, 0) is 35.7 Å². The highest BCUT2D eigenvalue weighted by Gasteiger charge is 2.16. The zero-order valence-electron chi connectivity index (χ0n) is 12.0. The average molecular weight is 331 g/mol. The van der Waals surface area contributed by atoms with Gasteiger partial charge >= 0.3 is 0 Å². The van der Waals surface area contributed by atoms with Crippen LogP contribution in [0.1, 0.15) is 27.7 Å². The summed E-state index contributed by atoms with van der Waals surface area (Å²) < 4.78 is 6.37. The fourth-order valence-corrected chi connectivity index (χ4v) is 2.04. The minimum Gasteiger partial charge on any atom is -0.380 e. The molecule has 0 aliphatic heterocycles. The Kier molecular flexibility index (Phi) is 7.09. The molecule has 0 fully saturated rings. The van der Waals surface area contributed by atoms with E-state index in [4.69, 9.17) is 4.74 Å². The first kappa shape index (κ1) is 16.2. The molecule has 19 heavy (non-hydrogen) atoms. The van der Waals surface area contributed by atoms with Crippen LogP contribution in [0.3, 0.4) is 0 Å². The molecule has 0 saturated heterocycles. The second-order valence-corrected chi connectivity index (χ2v) is 5.36. The highest BCUT2D eigenvalue weighted by Crippen LogP contribution is 2.27. The third-order valence-electron chi connectivity index (χ3n) is 2.76. The molecule has 0 radical (unpaired) electrons. The lowest BCUT2D eigenvalue weighted by Gasteiger charge is -2.23. The van der Waals surface area contributed by atoms with Crippen LogP contribution >= 0.6 is 15.9 Å². The van der Waals surface area contributed by atoms with E-state index in [9.17, 15) is 0 Å². The van der Waals surface area contributed by atoms with E-state index >= 15 is 0 Å². The molecule has 108 valence electrons. The van der Waals surface area contributed by atoms with Gasteiger partial charge in [0.1, 0.15) is 22.4 Å². The first-order valence-corrected chi connectivity index (χ1v) is 7.48. The molecular formula is C13H23BrN4O. The molecule has 1 aromatic heterocycles. The molecule has 6 heteroatoms. The van der Waals surface area contributed by atoms with Crippen molar-refractivity contribution in [2.45, 2.75) is 33.7 Å². The summed E-state index contributed by atoms with van der Waals surface area (Å²) >= 11 is 3.54. The maximum atomic E-state index is 5.51. The molecule has 5 nitrogen and oxygen atoms in total. The predicted molar refractivity (Wildman–Crippen MR) is 82.6 cm³/mol. The third kappa shape index (κ3) is 4.95. The van der Waals surface area contributed by atoms with Crippen molar-refractivity contribution in [1.29, 1.82) is 0 Å². The molecule has 0 aliphatic rings. The summed E-state index contributed by atoms with van der Waals surface area (Å²) in [5.74, 6) is 2.05. The number of nitrogens with zero attached hydrogens (tertiary/aromatic N) is 2. The Morgan fingerprint density at radius 2 is 1.95 bits per heavy atom. The smallest absolute Gasteiger partial charge is 0.146 e. The Morgan fingerprint density at radius 3 is 2.53 bits per heavy atom. The number of hydrogen-bond donors (Lipinski definition) is 2. The van der Waals surface area contributed by atoms with Crippen LogP contribution in [-0.4, -0.2) is 35.8 Å². The maximum absolute atomic E-state index is 5.51. The summed E-state index contributed by atoms with van der Waals surface area (Å²) in [6, 6.07) is 0.223. The first-order valence-electron chi connectivity index (χ1n) is 6.68. The molecule has 2 N–H and O–H groups in total. The molecule has 0 saturated carbocycles. The van der Waals surface area contributed by atoms with E-state index in [1.807, 2.05) is 13.8 Å². The van der Waals surface area contributed by atoms with Gasteiger partial charge in [-0.3, -0.25) is 0 Å². The van der Waals surface area contributed by atoms with E-state index in [1.165, 1.54) is 0 Å². The number of aromatic nitrogens is 2. The molecule has 0 spiro atoms. The van der Waals surface area contributed by atoms with Gasteiger partial charge in [-0.15, -0.1) is 0 Å². The van der Waals surface area contributed by atoms with Gasteiger partial charge in [0.05, 0.1) is 12.6 Å². The number of halogens is 1. The number of hydrogen-bond acceptors (Lipinski definition) is 5. The van der Waals surface area contributed by atoms with Gasteiger partial charge in [0.2, 0.25) is 0 Å². The van der Waals surface area contributed by atoms with Crippen LogP contribution in [0.25, 0.3) is 0 Å². The fraction of sp³-hybridized carbons (Fsp3) is 0.692. The van der Waals surface area contributed by atoms with E-state index < -0.39 is 0 Å². The highest BCUT2D eigenvalue weighted by molar-refractivity contribution is 9.10. The Bertz CT molecular complexity index is 387. The van der Waals surface area contributed by atoms with E-state index in [0.717, 1.165) is 29.3 Å². The summed E-state index contributed by atoms with van der Waals surface area (Å²) in [6.07, 6.45) is 1.56. The lowest BCUT2D eigenvalue weighted by Crippen LogP contribution is -2.31. The van der Waals surface area contributed by atoms with Gasteiger partial charge in [-0.25, -0.2) is 9.97 Å². The van der Waals surface area contributed by atoms with Crippen LogP contribution in [0.15, 0.2) is 10.8 Å². The summed E-state index contributed by atoms with van der Waals surface area (Å²) in [5, 5.41) is 6.61. The molecule has 0 bridgehead atoms. The lowest BCUT2D eigenvalue weighted by atomic mass is 10.1. The third-order valence-corrected chi connectivity index (χ3v) is 3.51. The second-order valence-electron chi connectivity index (χ2n) is 4.57. The Hall–Kier alpha value is -0.880. The van der Waals surface area contributed by atoms with Gasteiger partial charge in [0, 0.05) is 13.2 Å². The van der Waals surface area contributed by atoms with Gasteiger partial charge in [-0.1, -0.05) is 13.8 Å². The Balaban J connectivity index is 2.81. The van der Waals surface area contributed by atoms with Crippen molar-refractivity contribution in [2.24, 2.45) is 5.92 Å². The first-order chi connectivity index (χ1) is 9.10. The van der Waals surface area contributed by atoms with E-state index in [1.54, 1.807) is 6.33 Å². The van der Waals surface area contributed by atoms with Crippen LogP contribution in [0, 0.1) is 5.92 Å².